The average Bonchev–Trinajstić information content (AvgIpc) is 3.39. The quantitative estimate of drug-likeness (QED) is 0.302. The molecule has 0 aliphatic carbocycles. The minimum absolute atomic E-state index is 0.000192. The van der Waals surface area contributed by atoms with Crippen LogP contribution < -0.4 is 15.5 Å². The number of fused-ring (bicyclic) bond motifs is 5. The SMILES string of the molecule is COC1=NO[C@@]2(CC[C@H](C)N3C[C@H]2n2cc(C(=O)NCc4ccc(F)cc4F)c(=O)c(OCOC(=O)CCCC(C)C)c2C3=O)C1. The van der Waals surface area contributed by atoms with Gasteiger partial charge in [0.05, 0.1) is 19.6 Å². The summed E-state index contributed by atoms with van der Waals surface area (Å²) in [6, 6.07) is 2.07. The molecule has 1 fully saturated rings. The van der Waals surface area contributed by atoms with Gasteiger partial charge in [-0.3, -0.25) is 19.2 Å². The summed E-state index contributed by atoms with van der Waals surface area (Å²) < 4.78 is 45.5. The largest absolute Gasteiger partial charge is 0.482 e. The number of methoxy groups -OCH3 is 1. The van der Waals surface area contributed by atoms with Crippen LogP contribution in [-0.2, 0) is 25.7 Å². The Hall–Kier alpha value is -4.49. The molecule has 3 aliphatic rings. The molecule has 2 aromatic rings. The number of hydrogen-bond acceptors (Lipinski definition) is 9. The molecule has 4 heterocycles. The van der Waals surface area contributed by atoms with E-state index in [4.69, 9.17) is 19.0 Å². The summed E-state index contributed by atoms with van der Waals surface area (Å²) in [4.78, 5) is 61.3. The Balaban J connectivity index is 1.52. The Morgan fingerprint density at radius 2 is 2.02 bits per heavy atom. The van der Waals surface area contributed by atoms with Crippen LogP contribution in [0.15, 0.2) is 34.3 Å². The number of ether oxygens (including phenoxy) is 3. The van der Waals surface area contributed by atoms with Crippen molar-refractivity contribution in [1.82, 2.24) is 14.8 Å². The van der Waals surface area contributed by atoms with E-state index in [1.807, 2.05) is 20.8 Å². The predicted octanol–water partition coefficient (Wildman–Crippen LogP) is 4.06. The number of hydrogen-bond donors (Lipinski definition) is 1. The highest BCUT2D eigenvalue weighted by Crippen LogP contribution is 2.46. The highest BCUT2D eigenvalue weighted by atomic mass is 19.1. The van der Waals surface area contributed by atoms with Crippen molar-refractivity contribution in [2.24, 2.45) is 11.1 Å². The maximum Gasteiger partial charge on any atom is 0.308 e. The van der Waals surface area contributed by atoms with Crippen LogP contribution in [0.25, 0.3) is 0 Å². The molecule has 0 saturated carbocycles. The molecule has 3 atom stereocenters. The van der Waals surface area contributed by atoms with E-state index < -0.39 is 64.6 Å². The minimum Gasteiger partial charge on any atom is -0.482 e. The van der Waals surface area contributed by atoms with Crippen LogP contribution >= 0.6 is 0 Å². The first kappa shape index (κ1) is 32.9. The van der Waals surface area contributed by atoms with Crippen molar-refractivity contribution >= 4 is 23.7 Å². The summed E-state index contributed by atoms with van der Waals surface area (Å²) in [6.07, 6.45) is 4.18. The van der Waals surface area contributed by atoms with Crippen LogP contribution in [0.2, 0.25) is 0 Å². The molecule has 1 aromatic heterocycles. The van der Waals surface area contributed by atoms with Gasteiger partial charge in [0.1, 0.15) is 17.2 Å². The Morgan fingerprint density at radius 1 is 1.24 bits per heavy atom. The van der Waals surface area contributed by atoms with Crippen LogP contribution in [0.4, 0.5) is 8.78 Å². The van der Waals surface area contributed by atoms with E-state index in [9.17, 15) is 28.0 Å². The summed E-state index contributed by atoms with van der Waals surface area (Å²) in [6.45, 7) is 5.15. The number of oxime groups is 1. The molecule has 14 heteroatoms. The van der Waals surface area contributed by atoms with Gasteiger partial charge in [-0.25, -0.2) is 8.78 Å². The minimum atomic E-state index is -0.968. The third-order valence-corrected chi connectivity index (χ3v) is 8.79. The fourth-order valence-electron chi connectivity index (χ4n) is 6.13. The van der Waals surface area contributed by atoms with Gasteiger partial charge < -0.3 is 33.8 Å². The van der Waals surface area contributed by atoms with E-state index in [1.165, 1.54) is 23.9 Å². The first-order chi connectivity index (χ1) is 21.9. The van der Waals surface area contributed by atoms with Crippen molar-refractivity contribution in [1.29, 1.82) is 0 Å². The van der Waals surface area contributed by atoms with E-state index >= 15 is 0 Å². The van der Waals surface area contributed by atoms with E-state index in [2.05, 4.69) is 10.5 Å². The van der Waals surface area contributed by atoms with E-state index in [1.54, 1.807) is 4.90 Å². The molecular formula is C32H38F2N4O8. The summed E-state index contributed by atoms with van der Waals surface area (Å²) in [5, 5.41) is 6.60. The zero-order valence-corrected chi connectivity index (χ0v) is 26.3. The molecule has 2 amide bonds. The third-order valence-electron chi connectivity index (χ3n) is 8.79. The molecule has 12 nitrogen and oxygen atoms in total. The number of amides is 2. The Labute approximate surface area is 264 Å². The van der Waals surface area contributed by atoms with E-state index in [0.717, 1.165) is 12.5 Å². The number of esters is 1. The lowest BCUT2D eigenvalue weighted by atomic mass is 9.85. The molecule has 5 rings (SSSR count). The van der Waals surface area contributed by atoms with Crippen molar-refractivity contribution < 1.29 is 42.2 Å². The van der Waals surface area contributed by atoms with Gasteiger partial charge >= 0.3 is 5.97 Å². The smallest absolute Gasteiger partial charge is 0.308 e. The molecule has 0 unspecified atom stereocenters. The van der Waals surface area contributed by atoms with E-state index in [0.29, 0.717) is 37.1 Å². The van der Waals surface area contributed by atoms with Crippen LogP contribution in [0, 0.1) is 17.6 Å². The molecule has 2 bridgehead atoms. The third kappa shape index (κ3) is 6.56. The summed E-state index contributed by atoms with van der Waals surface area (Å²) in [5.41, 5.74) is -2.41. The fourth-order valence-corrected chi connectivity index (χ4v) is 6.13. The van der Waals surface area contributed by atoms with Crippen LogP contribution in [0.5, 0.6) is 5.75 Å². The number of carbonyl (C=O) groups excluding carboxylic acids is 3. The number of carbonyl (C=O) groups is 3. The van der Waals surface area contributed by atoms with Gasteiger partial charge in [0.25, 0.3) is 11.8 Å². The van der Waals surface area contributed by atoms with Crippen LogP contribution in [-0.4, -0.2) is 65.2 Å². The van der Waals surface area contributed by atoms with Gasteiger partial charge in [-0.1, -0.05) is 31.5 Å². The topological polar surface area (TPSA) is 138 Å². The lowest BCUT2D eigenvalue weighted by Gasteiger charge is -2.42. The highest BCUT2D eigenvalue weighted by Gasteiger charge is 2.55. The monoisotopic (exact) mass is 644 g/mol. The Morgan fingerprint density at radius 3 is 2.72 bits per heavy atom. The van der Waals surface area contributed by atoms with Gasteiger partial charge in [-0.05, 0) is 38.2 Å². The van der Waals surface area contributed by atoms with Crippen molar-refractivity contribution in [3.05, 3.63) is 63.1 Å². The lowest BCUT2D eigenvalue weighted by Crippen LogP contribution is -2.52. The number of benzene rings is 1. The average molecular weight is 645 g/mol. The predicted molar refractivity (Wildman–Crippen MR) is 160 cm³/mol. The second-order valence-corrected chi connectivity index (χ2v) is 12.3. The molecule has 46 heavy (non-hydrogen) atoms. The molecule has 0 radical (unpaired) electrons. The number of rotatable bonds is 10. The zero-order valence-electron chi connectivity index (χ0n) is 26.3. The van der Waals surface area contributed by atoms with Crippen LogP contribution in [0.1, 0.15) is 91.7 Å². The first-order valence-electron chi connectivity index (χ1n) is 15.3. The molecule has 1 spiro atoms. The maximum atomic E-state index is 14.3. The standard InChI is InChI=1S/C32H38F2N4O8/c1-18(2)6-5-7-26(39)44-17-45-29-27-31(42)37-16-24(32(11-10-19(37)3)13-25(43-4)36-46-32)38(27)15-22(28(29)40)30(41)35-14-20-8-9-21(33)12-23(20)34/h8-9,12,15,18-19,24H,5-7,10-11,13-14,16-17H2,1-4H3,(H,35,41)/t19-,24+,32-/m0/s1. The molecule has 3 aliphatic heterocycles. The molecular weight excluding hydrogens is 606 g/mol. The van der Waals surface area contributed by atoms with Crippen molar-refractivity contribution in [3.8, 4) is 5.75 Å². The van der Waals surface area contributed by atoms with Crippen molar-refractivity contribution in [2.45, 2.75) is 83.5 Å². The van der Waals surface area contributed by atoms with Crippen LogP contribution in [0.3, 0.4) is 0 Å². The van der Waals surface area contributed by atoms with Crippen molar-refractivity contribution in [3.63, 3.8) is 0 Å². The van der Waals surface area contributed by atoms with Gasteiger partial charge in [0.15, 0.2) is 11.3 Å². The summed E-state index contributed by atoms with van der Waals surface area (Å²) in [5.74, 6) is -3.25. The number of aromatic nitrogens is 1. The second-order valence-electron chi connectivity index (χ2n) is 12.3. The number of nitrogens with one attached hydrogen (secondary N) is 1. The second kappa shape index (κ2) is 13.5. The fraction of sp³-hybridized carbons (Fsp3) is 0.531. The Kier molecular flexibility index (Phi) is 9.63. The van der Waals surface area contributed by atoms with Gasteiger partial charge in [-0.15, -0.1) is 0 Å². The summed E-state index contributed by atoms with van der Waals surface area (Å²) in [7, 11) is 1.48. The number of pyridine rings is 1. The van der Waals surface area contributed by atoms with Crippen molar-refractivity contribution in [2.75, 3.05) is 20.4 Å². The summed E-state index contributed by atoms with van der Waals surface area (Å²) >= 11 is 0. The first-order valence-corrected chi connectivity index (χ1v) is 15.3. The molecule has 1 saturated heterocycles. The molecule has 1 N–H and O–H groups in total. The van der Waals surface area contributed by atoms with Gasteiger partial charge in [-0.2, -0.15) is 0 Å². The number of halogens is 2. The van der Waals surface area contributed by atoms with Gasteiger partial charge in [0, 0.05) is 43.4 Å². The maximum absolute atomic E-state index is 14.3. The zero-order chi connectivity index (χ0) is 33.2. The number of nitrogens with zero attached hydrogens (tertiary/aromatic N) is 3. The molecule has 1 aromatic carbocycles. The van der Waals surface area contributed by atoms with Gasteiger partial charge in [0.2, 0.25) is 23.9 Å². The normalized spacial score (nSPS) is 21.8. The van der Waals surface area contributed by atoms with E-state index in [-0.39, 0.29) is 43.2 Å². The molecule has 248 valence electrons. The highest BCUT2D eigenvalue weighted by molar-refractivity contribution is 5.99. The lowest BCUT2D eigenvalue weighted by molar-refractivity contribution is -0.150. The Bertz CT molecular complexity index is 1610.